The summed E-state index contributed by atoms with van der Waals surface area (Å²) in [5.74, 6) is 0.113. The van der Waals surface area contributed by atoms with Crippen molar-refractivity contribution in [2.75, 3.05) is 11.9 Å². The van der Waals surface area contributed by atoms with Crippen molar-refractivity contribution in [1.82, 2.24) is 0 Å². The van der Waals surface area contributed by atoms with E-state index >= 15 is 0 Å². The maximum atomic E-state index is 11.6. The first-order valence-corrected chi connectivity index (χ1v) is 6.78. The zero-order valence-corrected chi connectivity index (χ0v) is 10.9. The molecule has 0 spiro atoms. The molecule has 3 heteroatoms. The van der Waals surface area contributed by atoms with Gasteiger partial charge in [0.1, 0.15) is 0 Å². The summed E-state index contributed by atoms with van der Waals surface area (Å²) in [4.78, 5) is 11.6. The zero-order chi connectivity index (χ0) is 12.8. The number of nitrogens with two attached hydrogens (primary N) is 1. The highest BCUT2D eigenvalue weighted by atomic mass is 16.1. The summed E-state index contributed by atoms with van der Waals surface area (Å²) in [5.41, 5.74) is 10.9. The predicted molar refractivity (Wildman–Crippen MR) is 72.7 cm³/mol. The van der Waals surface area contributed by atoms with E-state index in [4.69, 9.17) is 5.73 Å². The van der Waals surface area contributed by atoms with Crippen LogP contribution in [0.15, 0.2) is 12.1 Å². The Balaban J connectivity index is 2.15. The third-order valence-electron chi connectivity index (χ3n) is 4.50. The Bertz CT molecular complexity index is 501. The monoisotopic (exact) mass is 244 g/mol. The molecule has 1 fully saturated rings. The molecule has 96 valence electrons. The number of carbonyl (C=O) groups is 1. The van der Waals surface area contributed by atoms with E-state index in [1.807, 2.05) is 0 Å². The number of amides is 1. The quantitative estimate of drug-likeness (QED) is 0.838. The van der Waals surface area contributed by atoms with Crippen LogP contribution in [0.2, 0.25) is 0 Å². The van der Waals surface area contributed by atoms with E-state index in [1.165, 1.54) is 24.0 Å². The lowest BCUT2D eigenvalue weighted by molar-refractivity contribution is -0.115. The Morgan fingerprint density at radius 1 is 1.33 bits per heavy atom. The van der Waals surface area contributed by atoms with Crippen LogP contribution in [0.5, 0.6) is 0 Å². The molecule has 1 aromatic rings. The van der Waals surface area contributed by atoms with Gasteiger partial charge in [-0.3, -0.25) is 4.79 Å². The summed E-state index contributed by atoms with van der Waals surface area (Å²) in [6, 6.07) is 4.35. The Labute approximate surface area is 108 Å². The Hall–Kier alpha value is -1.35. The standard InChI is InChI=1S/C15H20N2O/c1-10-6-11-8-13(18)17-14(11)12(7-10)15(9-16)4-2-3-5-15/h6-7H,2-5,8-9,16H2,1H3,(H,17,18). The van der Waals surface area contributed by atoms with Gasteiger partial charge in [-0.25, -0.2) is 0 Å². The topological polar surface area (TPSA) is 55.1 Å². The van der Waals surface area contributed by atoms with Crippen LogP contribution in [0.4, 0.5) is 5.69 Å². The van der Waals surface area contributed by atoms with Gasteiger partial charge >= 0.3 is 0 Å². The average molecular weight is 244 g/mol. The van der Waals surface area contributed by atoms with Gasteiger partial charge in [0.05, 0.1) is 6.42 Å². The van der Waals surface area contributed by atoms with Gasteiger partial charge in [-0.15, -0.1) is 0 Å². The molecule has 0 aromatic heterocycles. The van der Waals surface area contributed by atoms with Gasteiger partial charge < -0.3 is 11.1 Å². The van der Waals surface area contributed by atoms with Crippen LogP contribution in [-0.4, -0.2) is 12.5 Å². The van der Waals surface area contributed by atoms with E-state index in [0.29, 0.717) is 13.0 Å². The first-order chi connectivity index (χ1) is 8.64. The number of aryl methyl sites for hydroxylation is 1. The van der Waals surface area contributed by atoms with Crippen molar-refractivity contribution < 1.29 is 4.79 Å². The molecule has 0 bridgehead atoms. The number of fused-ring (bicyclic) bond motifs is 1. The summed E-state index contributed by atoms with van der Waals surface area (Å²) < 4.78 is 0. The molecule has 1 saturated carbocycles. The number of carbonyl (C=O) groups excluding carboxylic acids is 1. The lowest BCUT2D eigenvalue weighted by atomic mass is 9.77. The van der Waals surface area contributed by atoms with Crippen LogP contribution in [0.3, 0.4) is 0 Å². The fourth-order valence-electron chi connectivity index (χ4n) is 3.56. The Kier molecular flexibility index (Phi) is 2.67. The summed E-state index contributed by atoms with van der Waals surface area (Å²) in [6.45, 7) is 2.78. The SMILES string of the molecule is Cc1cc2c(c(C3(CN)CCCC3)c1)NC(=O)C2. The van der Waals surface area contributed by atoms with Crippen LogP contribution in [0.25, 0.3) is 0 Å². The second-order valence-electron chi connectivity index (χ2n) is 5.76. The molecule has 1 aromatic carbocycles. The third kappa shape index (κ3) is 1.65. The molecule has 1 aliphatic carbocycles. The Morgan fingerprint density at radius 3 is 2.72 bits per heavy atom. The summed E-state index contributed by atoms with van der Waals surface area (Å²) >= 11 is 0. The van der Waals surface area contributed by atoms with Crippen molar-refractivity contribution in [3.05, 3.63) is 28.8 Å². The molecule has 3 rings (SSSR count). The van der Waals surface area contributed by atoms with Crippen LogP contribution >= 0.6 is 0 Å². The summed E-state index contributed by atoms with van der Waals surface area (Å²) in [7, 11) is 0. The average Bonchev–Trinajstić information content (AvgIpc) is 2.94. The van der Waals surface area contributed by atoms with Crippen molar-refractivity contribution in [2.24, 2.45) is 5.73 Å². The van der Waals surface area contributed by atoms with Crippen molar-refractivity contribution in [3.63, 3.8) is 0 Å². The van der Waals surface area contributed by atoms with E-state index in [0.717, 1.165) is 24.1 Å². The fourth-order valence-corrected chi connectivity index (χ4v) is 3.56. The first-order valence-electron chi connectivity index (χ1n) is 6.78. The largest absolute Gasteiger partial charge is 0.330 e. The molecule has 1 aliphatic heterocycles. The van der Waals surface area contributed by atoms with Crippen LogP contribution in [0, 0.1) is 6.92 Å². The van der Waals surface area contributed by atoms with Gasteiger partial charge in [0.25, 0.3) is 0 Å². The van der Waals surface area contributed by atoms with Gasteiger partial charge in [0.2, 0.25) is 5.91 Å². The summed E-state index contributed by atoms with van der Waals surface area (Å²) in [6.07, 6.45) is 5.30. The van der Waals surface area contributed by atoms with Crippen LogP contribution in [0.1, 0.15) is 42.4 Å². The molecule has 3 nitrogen and oxygen atoms in total. The minimum Gasteiger partial charge on any atom is -0.330 e. The smallest absolute Gasteiger partial charge is 0.228 e. The van der Waals surface area contributed by atoms with Gasteiger partial charge in [-0.1, -0.05) is 30.5 Å². The maximum Gasteiger partial charge on any atom is 0.228 e. The predicted octanol–water partition coefficient (Wildman–Crippen LogP) is 2.26. The Morgan fingerprint density at radius 2 is 2.06 bits per heavy atom. The molecule has 2 aliphatic rings. The van der Waals surface area contributed by atoms with E-state index in [2.05, 4.69) is 24.4 Å². The highest BCUT2D eigenvalue weighted by Crippen LogP contribution is 2.45. The van der Waals surface area contributed by atoms with Crippen LogP contribution < -0.4 is 11.1 Å². The number of anilines is 1. The minimum absolute atomic E-state index is 0.0910. The normalized spacial score (nSPS) is 20.9. The molecular formula is C15H20N2O. The van der Waals surface area contributed by atoms with E-state index in [-0.39, 0.29) is 11.3 Å². The third-order valence-corrected chi connectivity index (χ3v) is 4.50. The molecule has 0 saturated heterocycles. The van der Waals surface area contributed by atoms with Crippen molar-refractivity contribution in [3.8, 4) is 0 Å². The van der Waals surface area contributed by atoms with Gasteiger partial charge in [-0.05, 0) is 30.9 Å². The van der Waals surface area contributed by atoms with Gasteiger partial charge in [-0.2, -0.15) is 0 Å². The van der Waals surface area contributed by atoms with Crippen molar-refractivity contribution in [2.45, 2.75) is 44.4 Å². The molecular weight excluding hydrogens is 224 g/mol. The van der Waals surface area contributed by atoms with Gasteiger partial charge in [0.15, 0.2) is 0 Å². The fraction of sp³-hybridized carbons (Fsp3) is 0.533. The molecule has 0 unspecified atom stereocenters. The highest BCUT2D eigenvalue weighted by Gasteiger charge is 2.38. The van der Waals surface area contributed by atoms with Crippen molar-refractivity contribution >= 4 is 11.6 Å². The number of rotatable bonds is 2. The maximum absolute atomic E-state index is 11.6. The number of hydrogen-bond donors (Lipinski definition) is 2. The first kappa shape index (κ1) is 11.7. The summed E-state index contributed by atoms with van der Waals surface area (Å²) in [5, 5.41) is 3.03. The van der Waals surface area contributed by atoms with E-state index in [1.54, 1.807) is 0 Å². The van der Waals surface area contributed by atoms with Crippen molar-refractivity contribution in [1.29, 1.82) is 0 Å². The lowest BCUT2D eigenvalue weighted by Crippen LogP contribution is -2.33. The number of benzene rings is 1. The second-order valence-corrected chi connectivity index (χ2v) is 5.76. The molecule has 3 N–H and O–H groups in total. The molecule has 0 atom stereocenters. The zero-order valence-electron chi connectivity index (χ0n) is 10.9. The minimum atomic E-state index is 0.0910. The number of nitrogens with one attached hydrogen (secondary N) is 1. The molecule has 1 heterocycles. The molecule has 0 radical (unpaired) electrons. The molecule has 1 amide bonds. The molecule has 18 heavy (non-hydrogen) atoms. The van der Waals surface area contributed by atoms with E-state index in [9.17, 15) is 4.79 Å². The highest BCUT2D eigenvalue weighted by molar-refractivity contribution is 6.00. The van der Waals surface area contributed by atoms with E-state index < -0.39 is 0 Å². The second kappa shape index (κ2) is 4.09. The van der Waals surface area contributed by atoms with Crippen LogP contribution in [-0.2, 0) is 16.6 Å². The number of hydrogen-bond acceptors (Lipinski definition) is 2. The lowest BCUT2D eigenvalue weighted by Gasteiger charge is -2.30. The van der Waals surface area contributed by atoms with Gasteiger partial charge in [0, 0.05) is 17.6 Å².